The summed E-state index contributed by atoms with van der Waals surface area (Å²) in [6, 6.07) is 0.222. The lowest BCUT2D eigenvalue weighted by Gasteiger charge is -2.33. The van der Waals surface area contributed by atoms with Crippen molar-refractivity contribution < 1.29 is 4.79 Å². The van der Waals surface area contributed by atoms with Gasteiger partial charge >= 0.3 is 0 Å². The van der Waals surface area contributed by atoms with E-state index < -0.39 is 0 Å². The van der Waals surface area contributed by atoms with Crippen molar-refractivity contribution in [2.24, 2.45) is 0 Å². The van der Waals surface area contributed by atoms with Crippen LogP contribution in [0, 0.1) is 0 Å². The van der Waals surface area contributed by atoms with Crippen LogP contribution in [0.5, 0.6) is 0 Å². The summed E-state index contributed by atoms with van der Waals surface area (Å²) in [7, 11) is 0. The molecule has 1 atom stereocenters. The molecule has 5 nitrogen and oxygen atoms in total. The number of rotatable bonds is 2. The Morgan fingerprint density at radius 3 is 2.84 bits per heavy atom. The summed E-state index contributed by atoms with van der Waals surface area (Å²) in [5.74, 6) is 0.591. The van der Waals surface area contributed by atoms with Crippen molar-refractivity contribution in [1.29, 1.82) is 0 Å². The van der Waals surface area contributed by atoms with E-state index in [-0.39, 0.29) is 24.4 Å². The van der Waals surface area contributed by atoms with E-state index in [4.69, 9.17) is 0 Å². The summed E-state index contributed by atoms with van der Waals surface area (Å²) in [4.78, 5) is 14.4. The smallest absolute Gasteiger partial charge is 0.275 e. The van der Waals surface area contributed by atoms with Gasteiger partial charge in [-0.15, -0.1) is 12.4 Å². The molecule has 0 radical (unpaired) electrons. The fraction of sp³-hybridized carbons (Fsp3) is 0.667. The number of amides is 1. The fourth-order valence-corrected chi connectivity index (χ4v) is 3.08. The van der Waals surface area contributed by atoms with Gasteiger partial charge in [0.2, 0.25) is 0 Å². The van der Waals surface area contributed by atoms with Crippen LogP contribution in [0.2, 0.25) is 0 Å². The minimum atomic E-state index is 0. The minimum Gasteiger partial charge on any atom is -0.332 e. The molecular formula is C12H18BrClN4O. The molecule has 0 unspecified atom stereocenters. The number of aromatic amines is 1. The molecule has 1 saturated carbocycles. The Labute approximate surface area is 127 Å². The van der Waals surface area contributed by atoms with E-state index in [1.165, 1.54) is 12.8 Å². The zero-order chi connectivity index (χ0) is 12.7. The van der Waals surface area contributed by atoms with Crippen molar-refractivity contribution in [3.05, 3.63) is 15.9 Å². The maximum Gasteiger partial charge on any atom is 0.275 e. The van der Waals surface area contributed by atoms with Gasteiger partial charge in [-0.3, -0.25) is 9.89 Å². The van der Waals surface area contributed by atoms with Gasteiger partial charge in [0.15, 0.2) is 5.69 Å². The summed E-state index contributed by atoms with van der Waals surface area (Å²) in [6.45, 7) is 4.52. The first-order valence-electron chi connectivity index (χ1n) is 6.44. The van der Waals surface area contributed by atoms with Gasteiger partial charge in [-0.05, 0) is 35.7 Å². The standard InChI is InChI=1S/C12H17BrN4O.ClH/c1-7-6-14-4-5-17(7)12(18)11-9(13)10(15-16-11)8-2-3-8;/h7-8,14H,2-6H2,1H3,(H,15,16);1H/t7-;/m1./s1. The van der Waals surface area contributed by atoms with E-state index in [0.717, 1.165) is 29.8 Å². The highest BCUT2D eigenvalue weighted by Gasteiger charge is 2.33. The van der Waals surface area contributed by atoms with Gasteiger partial charge in [-0.25, -0.2) is 0 Å². The highest BCUT2D eigenvalue weighted by molar-refractivity contribution is 9.10. The molecule has 1 amide bonds. The van der Waals surface area contributed by atoms with Crippen molar-refractivity contribution in [2.45, 2.75) is 31.7 Å². The number of carbonyl (C=O) groups excluding carboxylic acids is 1. The Kier molecular flexibility index (Phi) is 4.53. The summed E-state index contributed by atoms with van der Waals surface area (Å²) in [5, 5.41) is 10.5. The monoisotopic (exact) mass is 348 g/mol. The molecule has 1 aromatic heterocycles. The molecule has 3 rings (SSSR count). The van der Waals surface area contributed by atoms with Gasteiger partial charge in [0.05, 0.1) is 10.2 Å². The largest absolute Gasteiger partial charge is 0.332 e. The Morgan fingerprint density at radius 2 is 2.21 bits per heavy atom. The van der Waals surface area contributed by atoms with Crippen LogP contribution in [-0.4, -0.2) is 46.7 Å². The number of hydrogen-bond acceptors (Lipinski definition) is 3. The van der Waals surface area contributed by atoms with E-state index in [1.807, 2.05) is 4.90 Å². The number of H-pyrrole nitrogens is 1. The predicted molar refractivity (Wildman–Crippen MR) is 78.9 cm³/mol. The first-order chi connectivity index (χ1) is 8.68. The second kappa shape index (κ2) is 5.81. The average molecular weight is 350 g/mol. The Hall–Kier alpha value is -0.590. The van der Waals surface area contributed by atoms with E-state index in [2.05, 4.69) is 38.4 Å². The predicted octanol–water partition coefficient (Wildman–Crippen LogP) is 1.91. The molecule has 0 spiro atoms. The van der Waals surface area contributed by atoms with Gasteiger partial charge < -0.3 is 10.2 Å². The van der Waals surface area contributed by atoms with Crippen molar-refractivity contribution in [3.63, 3.8) is 0 Å². The second-order valence-electron chi connectivity index (χ2n) is 5.13. The third kappa shape index (κ3) is 2.80. The van der Waals surface area contributed by atoms with Crippen LogP contribution in [-0.2, 0) is 0 Å². The third-order valence-corrected chi connectivity index (χ3v) is 4.49. The zero-order valence-corrected chi connectivity index (χ0v) is 13.2. The zero-order valence-electron chi connectivity index (χ0n) is 10.8. The normalized spacial score (nSPS) is 23.1. The van der Waals surface area contributed by atoms with Crippen LogP contribution < -0.4 is 5.32 Å². The number of carbonyl (C=O) groups is 1. The van der Waals surface area contributed by atoms with Crippen molar-refractivity contribution in [1.82, 2.24) is 20.4 Å². The molecule has 1 aromatic rings. The van der Waals surface area contributed by atoms with Crippen LogP contribution in [0.15, 0.2) is 4.47 Å². The van der Waals surface area contributed by atoms with Gasteiger partial charge in [0, 0.05) is 31.6 Å². The number of piperazine rings is 1. The molecule has 0 aromatic carbocycles. The van der Waals surface area contributed by atoms with Gasteiger partial charge in [-0.1, -0.05) is 0 Å². The number of nitrogens with zero attached hydrogens (tertiary/aromatic N) is 2. The number of hydrogen-bond donors (Lipinski definition) is 2. The Bertz CT molecular complexity index is 474. The lowest BCUT2D eigenvalue weighted by molar-refractivity contribution is 0.0648. The van der Waals surface area contributed by atoms with E-state index in [0.29, 0.717) is 11.6 Å². The van der Waals surface area contributed by atoms with E-state index in [1.54, 1.807) is 0 Å². The van der Waals surface area contributed by atoms with Crippen LogP contribution in [0.4, 0.5) is 0 Å². The Balaban J connectivity index is 0.00000133. The van der Waals surface area contributed by atoms with Gasteiger partial charge in [-0.2, -0.15) is 5.10 Å². The molecule has 2 aliphatic rings. The van der Waals surface area contributed by atoms with Crippen molar-refractivity contribution >= 4 is 34.2 Å². The summed E-state index contributed by atoms with van der Waals surface area (Å²) < 4.78 is 0.862. The van der Waals surface area contributed by atoms with Crippen LogP contribution in [0.1, 0.15) is 41.9 Å². The second-order valence-corrected chi connectivity index (χ2v) is 5.92. The Morgan fingerprint density at radius 1 is 1.47 bits per heavy atom. The van der Waals surface area contributed by atoms with Gasteiger partial charge in [0.1, 0.15) is 0 Å². The molecule has 19 heavy (non-hydrogen) atoms. The molecule has 1 aliphatic heterocycles. The number of aromatic nitrogens is 2. The summed E-state index contributed by atoms with van der Waals surface area (Å²) >= 11 is 3.52. The van der Waals surface area contributed by atoms with Crippen LogP contribution >= 0.6 is 28.3 Å². The molecular weight excluding hydrogens is 332 g/mol. The molecule has 2 fully saturated rings. The summed E-state index contributed by atoms with van der Waals surface area (Å²) in [6.07, 6.45) is 2.39. The fourth-order valence-electron chi connectivity index (χ4n) is 2.40. The van der Waals surface area contributed by atoms with Crippen LogP contribution in [0.25, 0.3) is 0 Å². The first kappa shape index (κ1) is 14.8. The number of halogens is 2. The highest BCUT2D eigenvalue weighted by atomic mass is 79.9. The summed E-state index contributed by atoms with van der Waals surface area (Å²) in [5.41, 5.74) is 1.62. The molecule has 1 aliphatic carbocycles. The van der Waals surface area contributed by atoms with Crippen molar-refractivity contribution in [2.75, 3.05) is 19.6 Å². The topological polar surface area (TPSA) is 61.0 Å². The molecule has 0 bridgehead atoms. The quantitative estimate of drug-likeness (QED) is 0.857. The highest BCUT2D eigenvalue weighted by Crippen LogP contribution is 2.43. The average Bonchev–Trinajstić information content (AvgIpc) is 3.13. The minimum absolute atomic E-state index is 0. The SMILES string of the molecule is C[C@@H]1CNCCN1C(=O)c1n[nH]c(C2CC2)c1Br.Cl. The maximum absolute atomic E-state index is 12.5. The van der Waals surface area contributed by atoms with Crippen LogP contribution in [0.3, 0.4) is 0 Å². The molecule has 106 valence electrons. The molecule has 2 heterocycles. The molecule has 1 saturated heterocycles. The molecule has 7 heteroatoms. The third-order valence-electron chi connectivity index (χ3n) is 3.68. The lowest BCUT2D eigenvalue weighted by Crippen LogP contribution is -2.52. The maximum atomic E-state index is 12.5. The van der Waals surface area contributed by atoms with Gasteiger partial charge in [0.25, 0.3) is 5.91 Å². The van der Waals surface area contributed by atoms with E-state index >= 15 is 0 Å². The first-order valence-corrected chi connectivity index (χ1v) is 7.23. The molecule has 2 N–H and O–H groups in total. The van der Waals surface area contributed by atoms with E-state index in [9.17, 15) is 4.79 Å². The number of nitrogens with one attached hydrogen (secondary N) is 2. The van der Waals surface area contributed by atoms with Crippen molar-refractivity contribution in [3.8, 4) is 0 Å². The lowest BCUT2D eigenvalue weighted by atomic mass is 10.2.